The molecule has 2 aromatic heterocycles. The minimum Gasteiger partial charge on any atom is -0.437 e. The topological polar surface area (TPSA) is 65.1 Å². The van der Waals surface area contributed by atoms with Crippen molar-refractivity contribution in [3.05, 3.63) is 111 Å². The fraction of sp³-hybridized carbons (Fsp3) is 0.0417. The van der Waals surface area contributed by atoms with Crippen molar-refractivity contribution in [3.8, 4) is 11.4 Å². The predicted molar refractivity (Wildman–Crippen MR) is 113 cm³/mol. The summed E-state index contributed by atoms with van der Waals surface area (Å²) in [5.41, 5.74) is 1.42. The molecule has 140 valence electrons. The molecule has 0 atom stereocenters. The second-order valence-corrected chi connectivity index (χ2v) is 6.79. The van der Waals surface area contributed by atoms with Gasteiger partial charge in [-0.1, -0.05) is 72.8 Å². The van der Waals surface area contributed by atoms with Gasteiger partial charge in [-0.05, 0) is 17.7 Å². The lowest BCUT2D eigenvalue weighted by Crippen LogP contribution is -2.28. The molecule has 5 rings (SSSR count). The van der Waals surface area contributed by atoms with E-state index in [1.165, 1.54) is 0 Å². The molecule has 0 fully saturated rings. The Bertz CT molecular complexity index is 1450. The minimum absolute atomic E-state index is 0.0284. The molecule has 0 aliphatic rings. The van der Waals surface area contributed by atoms with Crippen molar-refractivity contribution in [2.24, 2.45) is 0 Å². The maximum Gasteiger partial charge on any atom is 0.269 e. The maximum absolute atomic E-state index is 13.5. The van der Waals surface area contributed by atoms with Crippen LogP contribution >= 0.6 is 0 Å². The lowest BCUT2D eigenvalue weighted by Gasteiger charge is -2.13. The average molecular weight is 380 g/mol. The van der Waals surface area contributed by atoms with Crippen LogP contribution in [-0.4, -0.2) is 9.55 Å². The quantitative estimate of drug-likeness (QED) is 0.440. The molecular weight excluding hydrogens is 364 g/mol. The van der Waals surface area contributed by atoms with Crippen LogP contribution in [0.15, 0.2) is 98.9 Å². The van der Waals surface area contributed by atoms with E-state index in [2.05, 4.69) is 4.98 Å². The van der Waals surface area contributed by atoms with Gasteiger partial charge in [0.05, 0.1) is 11.9 Å². The van der Waals surface area contributed by atoms with Crippen molar-refractivity contribution in [1.29, 1.82) is 0 Å². The van der Waals surface area contributed by atoms with Crippen LogP contribution in [0.25, 0.3) is 33.5 Å². The second-order valence-electron chi connectivity index (χ2n) is 6.79. The Kier molecular flexibility index (Phi) is 4.06. The number of nitrogens with zero attached hydrogens (tertiary/aromatic N) is 2. The molecule has 0 saturated carbocycles. The summed E-state index contributed by atoms with van der Waals surface area (Å²) in [6, 6.07) is 26.0. The summed E-state index contributed by atoms with van der Waals surface area (Å²) in [5, 5.41) is 0.344. The summed E-state index contributed by atoms with van der Waals surface area (Å²) >= 11 is 0. The Morgan fingerprint density at radius 2 is 1.45 bits per heavy atom. The zero-order valence-corrected chi connectivity index (χ0v) is 15.4. The highest BCUT2D eigenvalue weighted by Gasteiger charge is 2.18. The van der Waals surface area contributed by atoms with Gasteiger partial charge in [0.15, 0.2) is 5.39 Å². The third kappa shape index (κ3) is 2.93. The van der Waals surface area contributed by atoms with Crippen molar-refractivity contribution in [1.82, 2.24) is 9.55 Å². The van der Waals surface area contributed by atoms with Gasteiger partial charge in [0.2, 0.25) is 11.1 Å². The van der Waals surface area contributed by atoms with Gasteiger partial charge in [-0.3, -0.25) is 14.2 Å². The zero-order chi connectivity index (χ0) is 19.8. The van der Waals surface area contributed by atoms with Crippen LogP contribution in [0, 0.1) is 0 Å². The molecule has 0 spiro atoms. The van der Waals surface area contributed by atoms with E-state index in [1.807, 2.05) is 60.7 Å². The van der Waals surface area contributed by atoms with Crippen molar-refractivity contribution in [2.75, 3.05) is 0 Å². The molecule has 0 aliphatic heterocycles. The Morgan fingerprint density at radius 3 is 2.21 bits per heavy atom. The molecule has 0 amide bonds. The van der Waals surface area contributed by atoms with Crippen LogP contribution in [0.5, 0.6) is 0 Å². The van der Waals surface area contributed by atoms with Crippen LogP contribution in [0.4, 0.5) is 0 Å². The van der Waals surface area contributed by atoms with Gasteiger partial charge in [-0.2, -0.15) is 4.98 Å². The molecule has 0 radical (unpaired) electrons. The number of aromatic nitrogens is 2. The smallest absolute Gasteiger partial charge is 0.269 e. The fourth-order valence-corrected chi connectivity index (χ4v) is 3.51. The molecule has 0 N–H and O–H groups in total. The van der Waals surface area contributed by atoms with E-state index in [-0.39, 0.29) is 16.5 Å². The first kappa shape index (κ1) is 17.1. The minimum atomic E-state index is -0.405. The summed E-state index contributed by atoms with van der Waals surface area (Å²) < 4.78 is 7.39. The highest BCUT2D eigenvalue weighted by Crippen LogP contribution is 2.21. The second kappa shape index (κ2) is 6.87. The molecule has 5 nitrogen and oxygen atoms in total. The van der Waals surface area contributed by atoms with Gasteiger partial charge >= 0.3 is 0 Å². The average Bonchev–Trinajstić information content (AvgIpc) is 2.77. The van der Waals surface area contributed by atoms with Crippen molar-refractivity contribution in [3.63, 3.8) is 0 Å². The van der Waals surface area contributed by atoms with Crippen LogP contribution in [0.3, 0.4) is 0 Å². The highest BCUT2D eigenvalue weighted by atomic mass is 16.3. The molecule has 3 aromatic carbocycles. The number of rotatable bonds is 3. The molecule has 2 heterocycles. The van der Waals surface area contributed by atoms with Gasteiger partial charge in [0.1, 0.15) is 11.4 Å². The predicted octanol–water partition coefficient (Wildman–Crippen LogP) is 4.22. The normalized spacial score (nSPS) is 11.2. The van der Waals surface area contributed by atoms with E-state index < -0.39 is 5.56 Å². The number of fused-ring (bicyclic) bond motifs is 2. The molecule has 5 aromatic rings. The van der Waals surface area contributed by atoms with Gasteiger partial charge in [0, 0.05) is 5.56 Å². The lowest BCUT2D eigenvalue weighted by molar-refractivity contribution is 0.635. The van der Waals surface area contributed by atoms with Gasteiger partial charge in [0.25, 0.3) is 5.56 Å². The maximum atomic E-state index is 13.5. The van der Waals surface area contributed by atoms with Crippen LogP contribution in [0.2, 0.25) is 0 Å². The number of hydrogen-bond acceptors (Lipinski definition) is 4. The standard InChI is InChI=1S/C24H16N2O3/c27-21-18-13-7-8-14-19(18)29-23-20(21)24(28)26(15-16-9-3-1-4-10-16)22(25-23)17-11-5-2-6-12-17/h1-14H,15H2. The Morgan fingerprint density at radius 1 is 0.793 bits per heavy atom. The molecule has 0 saturated heterocycles. The first-order chi connectivity index (χ1) is 14.2. The Hall–Kier alpha value is -3.99. The molecular formula is C24H16N2O3. The summed E-state index contributed by atoms with van der Waals surface area (Å²) in [5.74, 6) is 0.463. The van der Waals surface area contributed by atoms with Crippen LogP contribution < -0.4 is 11.0 Å². The molecule has 0 bridgehead atoms. The van der Waals surface area contributed by atoms with Crippen molar-refractivity contribution < 1.29 is 4.42 Å². The van der Waals surface area contributed by atoms with Gasteiger partial charge < -0.3 is 4.42 Å². The molecule has 29 heavy (non-hydrogen) atoms. The fourth-order valence-electron chi connectivity index (χ4n) is 3.51. The number of benzene rings is 3. The highest BCUT2D eigenvalue weighted by molar-refractivity contribution is 5.88. The molecule has 5 heteroatoms. The summed E-state index contributed by atoms with van der Waals surface area (Å²) in [7, 11) is 0. The molecule has 0 aliphatic carbocycles. The summed E-state index contributed by atoms with van der Waals surface area (Å²) in [6.07, 6.45) is 0. The van der Waals surface area contributed by atoms with E-state index in [0.717, 1.165) is 11.1 Å². The van der Waals surface area contributed by atoms with Crippen molar-refractivity contribution in [2.45, 2.75) is 6.54 Å². The largest absolute Gasteiger partial charge is 0.437 e. The molecule has 0 unspecified atom stereocenters. The SMILES string of the molecule is O=c1c2ccccc2oc2nc(-c3ccccc3)n(Cc3ccccc3)c(=O)c12. The monoisotopic (exact) mass is 380 g/mol. The third-order valence-corrected chi connectivity index (χ3v) is 4.92. The van der Waals surface area contributed by atoms with Gasteiger partial charge in [-0.25, -0.2) is 0 Å². The van der Waals surface area contributed by atoms with Gasteiger partial charge in [-0.15, -0.1) is 0 Å². The van der Waals surface area contributed by atoms with Crippen molar-refractivity contribution >= 4 is 22.1 Å². The number of hydrogen-bond donors (Lipinski definition) is 0. The third-order valence-electron chi connectivity index (χ3n) is 4.92. The summed E-state index contributed by atoms with van der Waals surface area (Å²) in [6.45, 7) is 0.305. The van der Waals surface area contributed by atoms with Crippen LogP contribution in [-0.2, 0) is 6.54 Å². The zero-order valence-electron chi connectivity index (χ0n) is 15.4. The van der Waals surface area contributed by atoms with Crippen LogP contribution in [0.1, 0.15) is 5.56 Å². The van der Waals surface area contributed by atoms with E-state index in [9.17, 15) is 9.59 Å². The number of para-hydroxylation sites is 1. The summed E-state index contributed by atoms with van der Waals surface area (Å²) in [4.78, 5) is 31.1. The first-order valence-electron chi connectivity index (χ1n) is 9.28. The Labute approximate surface area is 165 Å². The first-order valence-corrected chi connectivity index (χ1v) is 9.28. The van der Waals surface area contributed by atoms with E-state index in [4.69, 9.17) is 4.42 Å². The Balaban J connectivity index is 1.88. The van der Waals surface area contributed by atoms with E-state index in [0.29, 0.717) is 23.3 Å². The van der Waals surface area contributed by atoms with E-state index >= 15 is 0 Å². The lowest BCUT2D eigenvalue weighted by atomic mass is 10.1. The van der Waals surface area contributed by atoms with E-state index in [1.54, 1.807) is 28.8 Å².